The molecule has 1 fully saturated rings. The molecule has 0 saturated carbocycles. The number of thiocarbonyl (C=S) groups is 1. The third kappa shape index (κ3) is 2.20. The summed E-state index contributed by atoms with van der Waals surface area (Å²) in [7, 11) is 0. The molecule has 0 aromatic carbocycles. The maximum absolute atomic E-state index is 5.80. The van der Waals surface area contributed by atoms with E-state index in [9.17, 15) is 0 Å². The van der Waals surface area contributed by atoms with Crippen LogP contribution in [0.1, 0.15) is 12.1 Å². The van der Waals surface area contributed by atoms with Gasteiger partial charge in [0.25, 0.3) is 0 Å². The zero-order chi connectivity index (χ0) is 10.7. The molecule has 2 rings (SSSR count). The Kier molecular flexibility index (Phi) is 3.66. The van der Waals surface area contributed by atoms with Crippen molar-refractivity contribution in [3.8, 4) is 0 Å². The second-order valence-corrected chi connectivity index (χ2v) is 5.62. The highest BCUT2D eigenvalue weighted by Crippen LogP contribution is 2.42. The van der Waals surface area contributed by atoms with E-state index in [0.29, 0.717) is 10.8 Å². The predicted octanol–water partition coefficient (Wildman–Crippen LogP) is 2.65. The largest absolute Gasteiger partial charge is 0.353 e. The normalized spacial score (nSPS) is 26.2. The summed E-state index contributed by atoms with van der Waals surface area (Å²) in [5.74, 6) is 1.03. The number of nitrogens with zero attached hydrogens (tertiary/aromatic N) is 1. The van der Waals surface area contributed by atoms with Crippen LogP contribution in [0.2, 0.25) is 0 Å². The summed E-state index contributed by atoms with van der Waals surface area (Å²) < 4.78 is 6.34. The van der Waals surface area contributed by atoms with Gasteiger partial charge in [0.2, 0.25) is 0 Å². The van der Waals surface area contributed by atoms with Gasteiger partial charge in [0.15, 0.2) is 4.93 Å². The quantitative estimate of drug-likeness (QED) is 0.649. The van der Waals surface area contributed by atoms with Crippen molar-refractivity contribution in [2.75, 3.05) is 12.4 Å². The highest BCUT2D eigenvalue weighted by Gasteiger charge is 2.40. The zero-order valence-electron chi connectivity index (χ0n) is 8.05. The van der Waals surface area contributed by atoms with E-state index >= 15 is 0 Å². The summed E-state index contributed by atoms with van der Waals surface area (Å²) >= 11 is 11.1. The fraction of sp³-hybridized carbons (Fsp3) is 0.400. The van der Waals surface area contributed by atoms with Crippen LogP contribution in [0.4, 0.5) is 0 Å². The summed E-state index contributed by atoms with van der Waals surface area (Å²) in [6.07, 6.45) is 2.80. The Balaban J connectivity index is 2.38. The van der Waals surface area contributed by atoms with Gasteiger partial charge in [-0.05, 0) is 24.3 Å². The average molecular weight is 257 g/mol. The summed E-state index contributed by atoms with van der Waals surface area (Å²) in [4.78, 5) is 3.69. The highest BCUT2D eigenvalue weighted by atomic mass is 32.2. The van der Waals surface area contributed by atoms with E-state index in [2.05, 4.69) is 17.6 Å². The smallest absolute Gasteiger partial charge is 0.197 e. The van der Waals surface area contributed by atoms with Crippen LogP contribution in [0.25, 0.3) is 0 Å². The first kappa shape index (κ1) is 11.4. The standard InChI is InChI=1S/C10H11NOS3/c13-9(14)10(12-6-3-7-15-10)8-4-1-2-5-11-8/h1-2,4-5H,3,6-7H2,(H,13,14). The Morgan fingerprint density at radius 2 is 2.47 bits per heavy atom. The van der Waals surface area contributed by atoms with E-state index in [1.807, 2.05) is 18.2 Å². The monoisotopic (exact) mass is 257 g/mol. The van der Waals surface area contributed by atoms with Gasteiger partial charge in [-0.1, -0.05) is 18.3 Å². The lowest BCUT2D eigenvalue weighted by atomic mass is 10.2. The van der Waals surface area contributed by atoms with E-state index < -0.39 is 4.93 Å². The van der Waals surface area contributed by atoms with Crippen LogP contribution in [-0.4, -0.2) is 21.5 Å². The maximum Gasteiger partial charge on any atom is 0.197 e. The first-order valence-electron chi connectivity index (χ1n) is 4.68. The third-order valence-electron chi connectivity index (χ3n) is 2.18. The van der Waals surface area contributed by atoms with E-state index in [4.69, 9.17) is 17.0 Å². The molecule has 1 unspecified atom stereocenters. The van der Waals surface area contributed by atoms with Gasteiger partial charge in [-0.15, -0.1) is 24.4 Å². The minimum Gasteiger partial charge on any atom is -0.353 e. The van der Waals surface area contributed by atoms with Gasteiger partial charge < -0.3 is 4.74 Å². The number of hydrogen-bond acceptors (Lipinski definition) is 4. The molecule has 0 radical (unpaired) electrons. The van der Waals surface area contributed by atoms with Crippen LogP contribution in [0.15, 0.2) is 24.4 Å². The van der Waals surface area contributed by atoms with Gasteiger partial charge in [-0.3, -0.25) is 4.98 Å². The molecule has 0 amide bonds. The lowest BCUT2D eigenvalue weighted by molar-refractivity contribution is 0.0660. The molecule has 80 valence electrons. The molecule has 1 aromatic heterocycles. The van der Waals surface area contributed by atoms with Crippen LogP contribution < -0.4 is 0 Å². The first-order valence-corrected chi connectivity index (χ1v) is 6.52. The molecule has 1 saturated heterocycles. The van der Waals surface area contributed by atoms with Gasteiger partial charge in [0.05, 0.1) is 16.5 Å². The second-order valence-electron chi connectivity index (χ2n) is 3.19. The zero-order valence-corrected chi connectivity index (χ0v) is 10.6. The van der Waals surface area contributed by atoms with Crippen LogP contribution in [0.5, 0.6) is 0 Å². The van der Waals surface area contributed by atoms with Crippen molar-refractivity contribution in [1.29, 1.82) is 0 Å². The molecule has 0 spiro atoms. The van der Waals surface area contributed by atoms with Crippen molar-refractivity contribution in [2.24, 2.45) is 0 Å². The van der Waals surface area contributed by atoms with E-state index in [0.717, 1.165) is 17.9 Å². The van der Waals surface area contributed by atoms with Gasteiger partial charge >= 0.3 is 0 Å². The summed E-state index contributed by atoms with van der Waals surface area (Å²) in [5, 5.41) is 0. The second kappa shape index (κ2) is 4.82. The number of ether oxygens (including phenoxy) is 1. The SMILES string of the molecule is S=C(S)C1(c2ccccn2)OCCCS1. The molecule has 5 heteroatoms. The van der Waals surface area contributed by atoms with E-state index in [-0.39, 0.29) is 0 Å². The van der Waals surface area contributed by atoms with Crippen molar-refractivity contribution < 1.29 is 4.74 Å². The fourth-order valence-corrected chi connectivity index (χ4v) is 3.29. The molecule has 1 aliphatic heterocycles. The Morgan fingerprint density at radius 3 is 3.00 bits per heavy atom. The van der Waals surface area contributed by atoms with Gasteiger partial charge in [0.1, 0.15) is 0 Å². The van der Waals surface area contributed by atoms with Gasteiger partial charge in [-0.2, -0.15) is 0 Å². The van der Waals surface area contributed by atoms with Crippen LogP contribution in [0, 0.1) is 0 Å². The molecule has 1 aromatic rings. The number of rotatable bonds is 2. The fourth-order valence-electron chi connectivity index (χ4n) is 1.47. The van der Waals surface area contributed by atoms with Gasteiger partial charge in [0, 0.05) is 6.20 Å². The predicted molar refractivity (Wildman–Crippen MR) is 70.5 cm³/mol. The maximum atomic E-state index is 5.80. The molecule has 1 aliphatic rings. The minimum absolute atomic E-state index is 0.547. The number of thiol groups is 1. The molecule has 2 heterocycles. The van der Waals surface area contributed by atoms with Crippen molar-refractivity contribution in [3.63, 3.8) is 0 Å². The van der Waals surface area contributed by atoms with E-state index in [1.54, 1.807) is 18.0 Å². The van der Waals surface area contributed by atoms with Crippen LogP contribution in [-0.2, 0) is 9.67 Å². The number of hydrogen-bond donors (Lipinski definition) is 1. The molecule has 0 bridgehead atoms. The summed E-state index contributed by atoms with van der Waals surface area (Å²) in [6, 6.07) is 5.75. The molecule has 15 heavy (non-hydrogen) atoms. The molecular formula is C10H11NOS3. The summed E-state index contributed by atoms with van der Waals surface area (Å²) in [5.41, 5.74) is 0.842. The molecule has 2 nitrogen and oxygen atoms in total. The highest BCUT2D eigenvalue weighted by molar-refractivity contribution is 8.15. The van der Waals surface area contributed by atoms with Crippen molar-refractivity contribution in [3.05, 3.63) is 30.1 Å². The Morgan fingerprint density at radius 1 is 1.60 bits per heavy atom. The molecular weight excluding hydrogens is 246 g/mol. The van der Waals surface area contributed by atoms with Crippen molar-refractivity contribution in [1.82, 2.24) is 4.98 Å². The molecule has 0 aliphatic carbocycles. The lowest BCUT2D eigenvalue weighted by Gasteiger charge is -2.34. The Bertz CT molecular complexity index is 349. The lowest BCUT2D eigenvalue weighted by Crippen LogP contribution is -2.36. The topological polar surface area (TPSA) is 22.1 Å². The van der Waals surface area contributed by atoms with E-state index in [1.165, 1.54) is 0 Å². The van der Waals surface area contributed by atoms with Crippen LogP contribution >= 0.6 is 36.6 Å². The minimum atomic E-state index is -0.627. The number of aromatic nitrogens is 1. The molecule has 1 atom stereocenters. The Hall–Kier alpha value is -0.100. The first-order chi connectivity index (χ1) is 7.26. The Labute approximate surface area is 104 Å². The van der Waals surface area contributed by atoms with Crippen molar-refractivity contribution >= 4 is 40.8 Å². The number of pyridine rings is 1. The van der Waals surface area contributed by atoms with Gasteiger partial charge in [-0.25, -0.2) is 0 Å². The number of thioether (sulfide) groups is 1. The summed E-state index contributed by atoms with van der Waals surface area (Å²) in [6.45, 7) is 0.713. The average Bonchev–Trinajstić information content (AvgIpc) is 2.31. The van der Waals surface area contributed by atoms with Crippen molar-refractivity contribution in [2.45, 2.75) is 11.4 Å². The van der Waals surface area contributed by atoms with Crippen LogP contribution in [0.3, 0.4) is 0 Å². The molecule has 0 N–H and O–H groups in total. The third-order valence-corrected chi connectivity index (χ3v) is 4.50.